The summed E-state index contributed by atoms with van der Waals surface area (Å²) in [5.74, 6) is 1.09. The highest BCUT2D eigenvalue weighted by Gasteiger charge is 2.44. The van der Waals surface area contributed by atoms with Gasteiger partial charge >= 0.3 is 0 Å². The lowest BCUT2D eigenvalue weighted by atomic mass is 9.86. The quantitative estimate of drug-likeness (QED) is 0.554. The third kappa shape index (κ3) is 3.80. The minimum Gasteiger partial charge on any atom is -0.493 e. The van der Waals surface area contributed by atoms with Crippen molar-refractivity contribution in [2.24, 2.45) is 0 Å². The SMILES string of the molecule is COc1cc(C(=O)N2CCC3(CC2)Oc2cc(F)ccc2-n2cccc23)ccc1O[C@@H]1CCC[C@H]1O.[HH].[HH]. The van der Waals surface area contributed by atoms with Crippen molar-refractivity contribution in [1.29, 1.82) is 0 Å². The van der Waals surface area contributed by atoms with Gasteiger partial charge in [-0.05, 0) is 61.7 Å². The first kappa shape index (κ1) is 22.9. The Kier molecular flexibility index (Phi) is 5.63. The van der Waals surface area contributed by atoms with Crippen molar-refractivity contribution >= 4 is 5.91 Å². The van der Waals surface area contributed by atoms with Crippen molar-refractivity contribution in [3.63, 3.8) is 0 Å². The lowest BCUT2D eigenvalue weighted by Gasteiger charge is -2.45. The summed E-state index contributed by atoms with van der Waals surface area (Å²) < 4.78 is 33.9. The number of halogens is 1. The molecule has 2 atom stereocenters. The van der Waals surface area contributed by atoms with Gasteiger partial charge in [0.1, 0.15) is 17.7 Å². The van der Waals surface area contributed by atoms with E-state index in [-0.39, 0.29) is 20.7 Å². The molecule has 0 unspecified atom stereocenters. The van der Waals surface area contributed by atoms with E-state index in [1.165, 1.54) is 12.1 Å². The summed E-state index contributed by atoms with van der Waals surface area (Å²) >= 11 is 0. The molecule has 2 fully saturated rings. The molecule has 1 spiro atoms. The van der Waals surface area contributed by atoms with Crippen LogP contribution in [0.3, 0.4) is 0 Å². The van der Waals surface area contributed by atoms with E-state index in [9.17, 15) is 14.3 Å². The molecule has 8 heteroatoms. The molecular weight excluding hydrogens is 463 g/mol. The fraction of sp³-hybridized carbons (Fsp3) is 0.393. The lowest BCUT2D eigenvalue weighted by molar-refractivity contribution is -0.00951. The largest absolute Gasteiger partial charge is 0.493 e. The van der Waals surface area contributed by atoms with Crippen LogP contribution in [0.25, 0.3) is 5.69 Å². The molecule has 36 heavy (non-hydrogen) atoms. The maximum absolute atomic E-state index is 14.0. The van der Waals surface area contributed by atoms with Gasteiger partial charge in [-0.3, -0.25) is 4.79 Å². The van der Waals surface area contributed by atoms with Crippen molar-refractivity contribution in [2.75, 3.05) is 20.2 Å². The number of benzene rings is 2. The summed E-state index contributed by atoms with van der Waals surface area (Å²) in [5, 5.41) is 10.1. The zero-order chi connectivity index (χ0) is 24.9. The Labute approximate surface area is 212 Å². The average Bonchev–Trinajstić information content (AvgIpc) is 3.54. The molecule has 0 bridgehead atoms. The van der Waals surface area contributed by atoms with Crippen molar-refractivity contribution in [1.82, 2.24) is 9.47 Å². The molecule has 1 N–H and O–H groups in total. The van der Waals surface area contributed by atoms with Crippen LogP contribution in [-0.2, 0) is 5.60 Å². The number of ether oxygens (including phenoxy) is 3. The van der Waals surface area contributed by atoms with E-state index in [1.807, 2.05) is 23.2 Å². The normalized spacial score (nSPS) is 22.0. The smallest absolute Gasteiger partial charge is 0.253 e. The van der Waals surface area contributed by atoms with Gasteiger partial charge in [0.2, 0.25) is 0 Å². The molecule has 2 aliphatic heterocycles. The van der Waals surface area contributed by atoms with Crippen molar-refractivity contribution in [3.8, 4) is 22.9 Å². The number of hydrogen-bond acceptors (Lipinski definition) is 5. The van der Waals surface area contributed by atoms with Crippen LogP contribution in [0.2, 0.25) is 0 Å². The Balaban J connectivity index is 0.00000168. The fourth-order valence-electron chi connectivity index (χ4n) is 5.71. The molecule has 0 radical (unpaired) electrons. The number of aliphatic hydroxyl groups is 1. The molecule has 3 aromatic rings. The number of fused-ring (bicyclic) bond motifs is 4. The van der Waals surface area contributed by atoms with Crippen molar-refractivity contribution in [3.05, 3.63) is 71.8 Å². The lowest BCUT2D eigenvalue weighted by Crippen LogP contribution is -2.50. The summed E-state index contributed by atoms with van der Waals surface area (Å²) in [7, 11) is 1.54. The Bertz CT molecular complexity index is 1310. The van der Waals surface area contributed by atoms with Crippen molar-refractivity contribution in [2.45, 2.75) is 49.9 Å². The van der Waals surface area contributed by atoms with Crippen molar-refractivity contribution < 1.29 is 31.4 Å². The second kappa shape index (κ2) is 8.85. The third-order valence-corrected chi connectivity index (χ3v) is 7.67. The predicted octanol–water partition coefficient (Wildman–Crippen LogP) is 4.93. The first-order valence-corrected chi connectivity index (χ1v) is 12.5. The number of likely N-dealkylation sites (tertiary alicyclic amines) is 1. The van der Waals surface area contributed by atoms with Gasteiger partial charge in [-0.1, -0.05) is 0 Å². The summed E-state index contributed by atoms with van der Waals surface area (Å²) in [6.07, 6.45) is 4.87. The number of amides is 1. The van der Waals surface area contributed by atoms with Gasteiger partial charge in [-0.15, -0.1) is 0 Å². The van der Waals surface area contributed by atoms with E-state index in [2.05, 4.69) is 4.57 Å². The van der Waals surface area contributed by atoms with Crippen LogP contribution in [0, 0.1) is 5.82 Å². The first-order valence-electron chi connectivity index (χ1n) is 12.5. The van der Waals surface area contributed by atoms with E-state index in [0.717, 1.165) is 30.6 Å². The van der Waals surface area contributed by atoms with Gasteiger partial charge < -0.3 is 28.8 Å². The van der Waals surface area contributed by atoms with E-state index < -0.39 is 11.7 Å². The highest BCUT2D eigenvalue weighted by Crippen LogP contribution is 2.45. The molecule has 1 saturated heterocycles. The summed E-state index contributed by atoms with van der Waals surface area (Å²) in [6.45, 7) is 1.01. The number of aromatic nitrogens is 1. The van der Waals surface area contributed by atoms with Gasteiger partial charge in [0, 0.05) is 46.6 Å². The second-order valence-corrected chi connectivity index (χ2v) is 9.78. The summed E-state index contributed by atoms with van der Waals surface area (Å²) in [4.78, 5) is 15.2. The molecule has 2 aromatic carbocycles. The van der Waals surface area contributed by atoms with Crippen LogP contribution < -0.4 is 14.2 Å². The number of methoxy groups -OCH3 is 1. The third-order valence-electron chi connectivity index (χ3n) is 7.67. The summed E-state index contributed by atoms with van der Waals surface area (Å²) in [5.41, 5.74) is 1.74. The van der Waals surface area contributed by atoms with Gasteiger partial charge in [0.15, 0.2) is 17.1 Å². The van der Waals surface area contributed by atoms with Gasteiger partial charge in [-0.25, -0.2) is 4.39 Å². The predicted molar refractivity (Wildman–Crippen MR) is 135 cm³/mol. The van der Waals surface area contributed by atoms with E-state index >= 15 is 0 Å². The second-order valence-electron chi connectivity index (χ2n) is 9.78. The van der Waals surface area contributed by atoms with Crippen LogP contribution in [0.1, 0.15) is 51.0 Å². The monoisotopic (exact) mass is 496 g/mol. The average molecular weight is 497 g/mol. The zero-order valence-corrected chi connectivity index (χ0v) is 20.2. The van der Waals surface area contributed by atoms with Crippen LogP contribution in [0.15, 0.2) is 54.7 Å². The Morgan fingerprint density at radius 3 is 2.72 bits per heavy atom. The van der Waals surface area contributed by atoms with Gasteiger partial charge in [0.25, 0.3) is 5.91 Å². The van der Waals surface area contributed by atoms with Gasteiger partial charge in [0.05, 0.1) is 24.6 Å². The van der Waals surface area contributed by atoms with Crippen LogP contribution >= 0.6 is 0 Å². The van der Waals surface area contributed by atoms with Crippen LogP contribution in [0.4, 0.5) is 4.39 Å². The molecule has 1 saturated carbocycles. The minimum atomic E-state index is -0.613. The van der Waals surface area contributed by atoms with Crippen LogP contribution in [-0.4, -0.2) is 52.9 Å². The van der Waals surface area contributed by atoms with Crippen LogP contribution in [0.5, 0.6) is 17.2 Å². The number of carbonyl (C=O) groups is 1. The fourth-order valence-corrected chi connectivity index (χ4v) is 5.71. The topological polar surface area (TPSA) is 73.2 Å². The molecule has 1 amide bonds. The minimum absolute atomic E-state index is 0. The Hall–Kier alpha value is -3.52. The number of nitrogens with zero attached hydrogens (tertiary/aromatic N) is 2. The highest BCUT2D eigenvalue weighted by atomic mass is 19.1. The summed E-state index contributed by atoms with van der Waals surface area (Å²) in [6, 6.07) is 13.8. The first-order chi connectivity index (χ1) is 17.5. The number of carbonyl (C=O) groups excluding carboxylic acids is 1. The molecule has 1 aromatic heterocycles. The number of rotatable bonds is 4. The Morgan fingerprint density at radius 1 is 1.14 bits per heavy atom. The molecule has 3 aliphatic rings. The standard InChI is InChI=1S/C28H29FN2O5.2H2/c1-34-25-16-18(7-10-23(25)35-22-5-2-4-21(22)32)27(33)30-14-11-28(12-15-30)26-6-3-13-31(26)20-9-8-19(29)17-24(20)36-28;;/h3,6-10,13,16-17,21-22,32H,2,4-5,11-12,14-15H2,1H3;2*1H/t21-,22-;;/m1../s1. The number of piperidine rings is 1. The maximum Gasteiger partial charge on any atom is 0.253 e. The van der Waals surface area contributed by atoms with E-state index in [1.54, 1.807) is 31.4 Å². The molecule has 1 aliphatic carbocycles. The maximum atomic E-state index is 14.0. The molecule has 192 valence electrons. The van der Waals surface area contributed by atoms with Gasteiger partial charge in [-0.2, -0.15) is 0 Å². The highest BCUT2D eigenvalue weighted by molar-refractivity contribution is 5.95. The Morgan fingerprint density at radius 2 is 1.97 bits per heavy atom. The van der Waals surface area contributed by atoms with E-state index in [0.29, 0.717) is 48.7 Å². The molecule has 7 nitrogen and oxygen atoms in total. The number of aliphatic hydroxyl groups excluding tert-OH is 1. The number of hydrogen-bond donors (Lipinski definition) is 1. The van der Waals surface area contributed by atoms with E-state index in [4.69, 9.17) is 14.2 Å². The molecule has 6 rings (SSSR count). The molecular formula is C28H33FN2O5. The zero-order valence-electron chi connectivity index (χ0n) is 20.2. The molecule has 3 heterocycles.